The van der Waals surface area contributed by atoms with Gasteiger partial charge in [0, 0.05) is 18.2 Å². The molecule has 2 aromatic heterocycles. The van der Waals surface area contributed by atoms with Crippen LogP contribution in [-0.4, -0.2) is 75.1 Å². The average Bonchev–Trinajstić information content (AvgIpc) is 3.29. The summed E-state index contributed by atoms with van der Waals surface area (Å²) in [6, 6.07) is 6.29. The van der Waals surface area contributed by atoms with Gasteiger partial charge in [-0.25, -0.2) is 23.1 Å². The summed E-state index contributed by atoms with van der Waals surface area (Å²) in [6.07, 6.45) is 1.02. The van der Waals surface area contributed by atoms with Crippen LogP contribution in [0, 0.1) is 0 Å². The highest BCUT2D eigenvalue weighted by Crippen LogP contribution is 2.32. The van der Waals surface area contributed by atoms with Crippen molar-refractivity contribution in [2.75, 3.05) is 24.3 Å². The van der Waals surface area contributed by atoms with E-state index in [4.69, 9.17) is 9.97 Å². The SMILES string of the molecule is CC(C)(C)c1nc(N2CC[C@H](O)[C@@H]2CO)c2nnn(Cc3ccccc3S(C)(=O)=O)c2n1. The molecule has 0 unspecified atom stereocenters. The van der Waals surface area contributed by atoms with Gasteiger partial charge in [0.15, 0.2) is 26.8 Å². The Labute approximate surface area is 186 Å². The number of aromatic nitrogens is 5. The molecule has 32 heavy (non-hydrogen) atoms. The maximum Gasteiger partial charge on any atom is 0.184 e. The predicted octanol–water partition coefficient (Wildman–Crippen LogP) is 0.902. The second-order valence-electron chi connectivity index (χ2n) is 9.22. The van der Waals surface area contributed by atoms with E-state index in [1.54, 1.807) is 28.9 Å². The van der Waals surface area contributed by atoms with E-state index in [0.29, 0.717) is 41.3 Å². The first-order valence-electron chi connectivity index (χ1n) is 10.5. The lowest BCUT2D eigenvalue weighted by atomic mass is 9.95. The van der Waals surface area contributed by atoms with Gasteiger partial charge in [0.1, 0.15) is 5.82 Å². The van der Waals surface area contributed by atoms with Gasteiger partial charge in [-0.2, -0.15) is 0 Å². The summed E-state index contributed by atoms with van der Waals surface area (Å²) >= 11 is 0. The first-order chi connectivity index (χ1) is 15.0. The molecule has 3 heterocycles. The van der Waals surface area contributed by atoms with Gasteiger partial charge in [-0.1, -0.05) is 44.2 Å². The molecule has 0 aliphatic carbocycles. The number of benzene rings is 1. The molecule has 1 saturated heterocycles. The van der Waals surface area contributed by atoms with Gasteiger partial charge in [0.25, 0.3) is 0 Å². The molecule has 1 aliphatic rings. The van der Waals surface area contributed by atoms with Crippen LogP contribution in [-0.2, 0) is 21.8 Å². The molecule has 0 spiro atoms. The zero-order valence-electron chi connectivity index (χ0n) is 18.6. The van der Waals surface area contributed by atoms with Crippen LogP contribution in [0.5, 0.6) is 0 Å². The minimum atomic E-state index is -3.42. The van der Waals surface area contributed by atoms with Crippen LogP contribution in [0.15, 0.2) is 29.2 Å². The number of aliphatic hydroxyl groups is 2. The summed E-state index contributed by atoms with van der Waals surface area (Å²) in [5.41, 5.74) is 1.13. The van der Waals surface area contributed by atoms with Gasteiger partial charge in [-0.3, -0.25) is 0 Å². The summed E-state index contributed by atoms with van der Waals surface area (Å²) in [6.45, 7) is 6.46. The lowest BCUT2D eigenvalue weighted by Crippen LogP contribution is -2.39. The summed E-state index contributed by atoms with van der Waals surface area (Å²) in [5, 5.41) is 28.7. The number of sulfone groups is 1. The minimum Gasteiger partial charge on any atom is -0.394 e. The molecule has 2 N–H and O–H groups in total. The molecule has 172 valence electrons. The van der Waals surface area contributed by atoms with Crippen LogP contribution in [0.4, 0.5) is 5.82 Å². The van der Waals surface area contributed by atoms with Gasteiger partial charge in [0.2, 0.25) is 0 Å². The van der Waals surface area contributed by atoms with Crippen molar-refractivity contribution in [3.63, 3.8) is 0 Å². The maximum absolute atomic E-state index is 12.2. The molecule has 0 saturated carbocycles. The van der Waals surface area contributed by atoms with Crippen molar-refractivity contribution in [1.29, 1.82) is 0 Å². The molecule has 10 nitrogen and oxygen atoms in total. The molecule has 1 aromatic carbocycles. The Balaban J connectivity index is 1.87. The van der Waals surface area contributed by atoms with Crippen molar-refractivity contribution in [1.82, 2.24) is 25.0 Å². The van der Waals surface area contributed by atoms with Crippen molar-refractivity contribution < 1.29 is 18.6 Å². The first-order valence-corrected chi connectivity index (χ1v) is 12.3. The number of nitrogens with zero attached hydrogens (tertiary/aromatic N) is 6. The Kier molecular flexibility index (Phi) is 5.68. The number of hydrogen-bond acceptors (Lipinski definition) is 9. The van der Waals surface area contributed by atoms with Crippen molar-refractivity contribution >= 4 is 26.8 Å². The number of rotatable bonds is 5. The monoisotopic (exact) mass is 460 g/mol. The van der Waals surface area contributed by atoms with E-state index >= 15 is 0 Å². The van der Waals surface area contributed by atoms with Crippen LogP contribution >= 0.6 is 0 Å². The van der Waals surface area contributed by atoms with Crippen LogP contribution < -0.4 is 4.90 Å². The standard InChI is InChI=1S/C21H28N6O4S/c1-21(2,3)20-22-18(26-10-9-15(29)14(26)12-28)17-19(23-20)27(25-24-17)11-13-7-5-6-8-16(13)32(4,30)31/h5-8,14-15,28-29H,9-12H2,1-4H3/t14-,15-/m0/s1. The number of fused-ring (bicyclic) bond motifs is 1. The number of anilines is 1. The van der Waals surface area contributed by atoms with Crippen molar-refractivity contribution in [2.45, 2.75) is 56.2 Å². The van der Waals surface area contributed by atoms with Gasteiger partial charge < -0.3 is 15.1 Å². The van der Waals surface area contributed by atoms with E-state index in [2.05, 4.69) is 10.3 Å². The molecule has 1 fully saturated rings. The molecule has 0 bridgehead atoms. The Morgan fingerprint density at radius 3 is 2.56 bits per heavy atom. The quantitative estimate of drug-likeness (QED) is 0.569. The summed E-state index contributed by atoms with van der Waals surface area (Å²) in [7, 11) is -3.42. The van der Waals surface area contributed by atoms with Crippen LogP contribution in [0.2, 0.25) is 0 Å². The van der Waals surface area contributed by atoms with E-state index < -0.39 is 22.0 Å². The molecule has 4 rings (SSSR count). The minimum absolute atomic E-state index is 0.172. The summed E-state index contributed by atoms with van der Waals surface area (Å²) in [5.74, 6) is 1.08. The third kappa shape index (κ3) is 4.07. The largest absolute Gasteiger partial charge is 0.394 e. The topological polar surface area (TPSA) is 134 Å². The molecule has 2 atom stereocenters. The summed E-state index contributed by atoms with van der Waals surface area (Å²) < 4.78 is 26.0. The van der Waals surface area contributed by atoms with Gasteiger partial charge in [0.05, 0.1) is 30.2 Å². The molecule has 1 aliphatic heterocycles. The third-order valence-electron chi connectivity index (χ3n) is 5.68. The van der Waals surface area contributed by atoms with Crippen molar-refractivity contribution in [3.8, 4) is 0 Å². The Morgan fingerprint density at radius 2 is 1.91 bits per heavy atom. The van der Waals surface area contributed by atoms with Crippen LogP contribution in [0.1, 0.15) is 38.6 Å². The lowest BCUT2D eigenvalue weighted by molar-refractivity contribution is 0.128. The normalized spacial score (nSPS) is 19.8. The number of hydrogen-bond donors (Lipinski definition) is 2. The van der Waals surface area contributed by atoms with E-state index in [-0.39, 0.29) is 23.5 Å². The highest BCUT2D eigenvalue weighted by atomic mass is 32.2. The highest BCUT2D eigenvalue weighted by Gasteiger charge is 2.36. The Bertz CT molecular complexity index is 1250. The fourth-order valence-electron chi connectivity index (χ4n) is 3.96. The smallest absolute Gasteiger partial charge is 0.184 e. The fraction of sp³-hybridized carbons (Fsp3) is 0.524. The van der Waals surface area contributed by atoms with E-state index in [1.807, 2.05) is 25.7 Å². The molecule has 3 aromatic rings. The second-order valence-corrected chi connectivity index (χ2v) is 11.2. The van der Waals surface area contributed by atoms with Gasteiger partial charge in [-0.15, -0.1) is 5.10 Å². The van der Waals surface area contributed by atoms with E-state index in [1.165, 1.54) is 6.26 Å². The first kappa shape index (κ1) is 22.6. The van der Waals surface area contributed by atoms with Crippen molar-refractivity contribution in [3.05, 3.63) is 35.7 Å². The maximum atomic E-state index is 12.2. The fourth-order valence-corrected chi connectivity index (χ4v) is 4.90. The third-order valence-corrected chi connectivity index (χ3v) is 6.87. The van der Waals surface area contributed by atoms with Crippen LogP contribution in [0.3, 0.4) is 0 Å². The average molecular weight is 461 g/mol. The van der Waals surface area contributed by atoms with E-state index in [0.717, 1.165) is 0 Å². The molecule has 0 radical (unpaired) electrons. The molecular formula is C21H28N6O4S. The zero-order chi connectivity index (χ0) is 23.3. The van der Waals surface area contributed by atoms with Gasteiger partial charge >= 0.3 is 0 Å². The molecule has 0 amide bonds. The molecule has 11 heteroatoms. The number of aliphatic hydroxyl groups excluding tert-OH is 2. The Morgan fingerprint density at radius 1 is 1.19 bits per heavy atom. The lowest BCUT2D eigenvalue weighted by Gasteiger charge is -2.27. The predicted molar refractivity (Wildman–Crippen MR) is 119 cm³/mol. The van der Waals surface area contributed by atoms with Crippen LogP contribution in [0.25, 0.3) is 11.2 Å². The molecular weight excluding hydrogens is 432 g/mol. The highest BCUT2D eigenvalue weighted by molar-refractivity contribution is 7.90. The Hall–Kier alpha value is -2.63. The second kappa shape index (κ2) is 8.05. The van der Waals surface area contributed by atoms with Crippen molar-refractivity contribution in [2.24, 2.45) is 0 Å². The van der Waals surface area contributed by atoms with Gasteiger partial charge in [-0.05, 0) is 18.1 Å². The van der Waals surface area contributed by atoms with E-state index in [9.17, 15) is 18.6 Å². The zero-order valence-corrected chi connectivity index (χ0v) is 19.4. The summed E-state index contributed by atoms with van der Waals surface area (Å²) in [4.78, 5) is 11.6.